The maximum absolute atomic E-state index is 13.4. The number of rotatable bonds is 10. The number of halogens is 1. The Balaban J connectivity index is 1.21. The molecule has 1 unspecified atom stereocenters. The van der Waals surface area contributed by atoms with Gasteiger partial charge in [0.05, 0.1) is 17.2 Å². The molecule has 2 amide bonds. The van der Waals surface area contributed by atoms with Crippen LogP contribution in [0.1, 0.15) is 40.5 Å². The Labute approximate surface area is 259 Å². The average molecular weight is 615 g/mol. The van der Waals surface area contributed by atoms with Gasteiger partial charge in [0.25, 0.3) is 0 Å². The highest BCUT2D eigenvalue weighted by atomic mass is 35.5. The van der Waals surface area contributed by atoms with Crippen molar-refractivity contribution in [2.75, 3.05) is 17.2 Å². The first kappa shape index (κ1) is 29.9. The second-order valence-electron chi connectivity index (χ2n) is 10.1. The smallest absolute Gasteiger partial charge is 0.238 e. The highest BCUT2D eigenvalue weighted by Crippen LogP contribution is 2.38. The molecule has 1 atom stereocenters. The van der Waals surface area contributed by atoms with Gasteiger partial charge in [-0.15, -0.1) is 23.1 Å². The monoisotopic (exact) mass is 614 g/mol. The van der Waals surface area contributed by atoms with Crippen LogP contribution in [0.4, 0.5) is 10.7 Å². The van der Waals surface area contributed by atoms with Crippen molar-refractivity contribution in [1.82, 2.24) is 4.90 Å². The van der Waals surface area contributed by atoms with Crippen LogP contribution in [0.15, 0.2) is 83.8 Å². The van der Waals surface area contributed by atoms with Crippen molar-refractivity contribution in [2.45, 2.75) is 49.4 Å². The Morgan fingerprint density at radius 1 is 1.05 bits per heavy atom. The number of nitriles is 1. The lowest BCUT2D eigenvalue weighted by Gasteiger charge is -2.26. The number of carbonyl (C=O) groups excluding carboxylic acids is 2. The van der Waals surface area contributed by atoms with Crippen LogP contribution in [0, 0.1) is 11.3 Å². The van der Waals surface area contributed by atoms with E-state index in [2.05, 4.69) is 45.9 Å². The highest BCUT2D eigenvalue weighted by molar-refractivity contribution is 8.00. The number of benzene rings is 3. The minimum absolute atomic E-state index is 0.128. The molecule has 0 aliphatic carbocycles. The van der Waals surface area contributed by atoms with E-state index in [-0.39, 0.29) is 23.5 Å². The molecule has 0 fully saturated rings. The molecule has 0 saturated heterocycles. The summed E-state index contributed by atoms with van der Waals surface area (Å²) in [6.45, 7) is 4.47. The molecule has 0 bridgehead atoms. The molecule has 5 rings (SSSR count). The number of hydrogen-bond acceptors (Lipinski definition) is 6. The summed E-state index contributed by atoms with van der Waals surface area (Å²) in [7, 11) is 0. The maximum atomic E-state index is 13.4. The number of anilines is 2. The van der Waals surface area contributed by atoms with Crippen molar-refractivity contribution in [2.24, 2.45) is 0 Å². The van der Waals surface area contributed by atoms with Crippen LogP contribution in [0.3, 0.4) is 0 Å². The lowest BCUT2D eigenvalue weighted by molar-refractivity contribution is -0.116. The third kappa shape index (κ3) is 7.61. The maximum Gasteiger partial charge on any atom is 0.238 e. The lowest BCUT2D eigenvalue weighted by atomic mass is 10.0. The Bertz CT molecular complexity index is 1600. The molecule has 6 nitrogen and oxygen atoms in total. The normalized spacial score (nSPS) is 13.5. The standard InChI is InChI=1S/C33H31ClN4O2S2/c1-2-29(41-26-10-6-9-25(18-26)36-31(39)17-22-11-13-24(34)14-12-22)32(40)37-33-28(19-35)27-15-16-38(21-30(27)42-33)20-23-7-4-3-5-8-23/h3-14,18,29H,2,15-17,20-21H2,1H3,(H,36,39)(H,37,40). The number of thioether (sulfide) groups is 1. The van der Waals surface area contributed by atoms with E-state index in [4.69, 9.17) is 11.6 Å². The number of fused-ring (bicyclic) bond motifs is 1. The van der Waals surface area contributed by atoms with E-state index < -0.39 is 0 Å². The van der Waals surface area contributed by atoms with Gasteiger partial charge in [-0.2, -0.15) is 5.26 Å². The second kappa shape index (κ2) is 14.0. The van der Waals surface area contributed by atoms with Crippen molar-refractivity contribution >= 4 is 57.2 Å². The lowest BCUT2D eigenvalue weighted by Crippen LogP contribution is -2.29. The fourth-order valence-corrected chi connectivity index (χ4v) is 7.34. The largest absolute Gasteiger partial charge is 0.326 e. The topological polar surface area (TPSA) is 85.2 Å². The van der Waals surface area contributed by atoms with Crippen molar-refractivity contribution in [3.63, 3.8) is 0 Å². The molecule has 4 aromatic rings. The number of carbonyl (C=O) groups is 2. The molecule has 0 saturated carbocycles. The summed E-state index contributed by atoms with van der Waals surface area (Å²) in [5.74, 6) is -0.256. The average Bonchev–Trinajstić information content (AvgIpc) is 3.33. The van der Waals surface area contributed by atoms with Gasteiger partial charge in [-0.05, 0) is 59.9 Å². The Morgan fingerprint density at radius 3 is 2.57 bits per heavy atom. The van der Waals surface area contributed by atoms with E-state index in [0.29, 0.717) is 27.7 Å². The molecule has 0 spiro atoms. The summed E-state index contributed by atoms with van der Waals surface area (Å²) in [5, 5.41) is 16.9. The van der Waals surface area contributed by atoms with Gasteiger partial charge in [0.2, 0.25) is 11.8 Å². The quantitative estimate of drug-likeness (QED) is 0.180. The van der Waals surface area contributed by atoms with Crippen LogP contribution < -0.4 is 10.6 Å². The third-order valence-corrected chi connectivity index (χ3v) is 9.81. The summed E-state index contributed by atoms with van der Waals surface area (Å²) in [6.07, 6.45) is 1.64. The van der Waals surface area contributed by atoms with Crippen molar-refractivity contribution in [1.29, 1.82) is 5.26 Å². The molecule has 1 aliphatic rings. The summed E-state index contributed by atoms with van der Waals surface area (Å²) in [6, 6.07) is 27.4. The summed E-state index contributed by atoms with van der Waals surface area (Å²) < 4.78 is 0. The van der Waals surface area contributed by atoms with Crippen LogP contribution in [0.2, 0.25) is 5.02 Å². The fraction of sp³-hybridized carbons (Fsp3) is 0.242. The van der Waals surface area contributed by atoms with E-state index in [1.54, 1.807) is 12.1 Å². The van der Waals surface area contributed by atoms with Gasteiger partial charge in [-0.3, -0.25) is 14.5 Å². The summed E-state index contributed by atoms with van der Waals surface area (Å²) >= 11 is 8.90. The molecule has 214 valence electrons. The van der Waals surface area contributed by atoms with Gasteiger partial charge < -0.3 is 10.6 Å². The second-order valence-corrected chi connectivity index (χ2v) is 13.0. The van der Waals surface area contributed by atoms with Crippen LogP contribution in [0.5, 0.6) is 0 Å². The van der Waals surface area contributed by atoms with Crippen LogP contribution in [0.25, 0.3) is 0 Å². The number of hydrogen-bond donors (Lipinski definition) is 2. The van der Waals surface area contributed by atoms with E-state index in [0.717, 1.165) is 47.0 Å². The molecule has 42 heavy (non-hydrogen) atoms. The Hall–Kier alpha value is -3.61. The zero-order chi connectivity index (χ0) is 29.5. The molecule has 9 heteroatoms. The SMILES string of the molecule is CCC(Sc1cccc(NC(=O)Cc2ccc(Cl)cc2)c1)C(=O)Nc1sc2c(c1C#N)CCN(Cc1ccccc1)C2. The highest BCUT2D eigenvalue weighted by Gasteiger charge is 2.27. The molecule has 1 aromatic heterocycles. The van der Waals surface area contributed by atoms with Crippen LogP contribution >= 0.6 is 34.7 Å². The first-order valence-corrected chi connectivity index (χ1v) is 15.9. The van der Waals surface area contributed by atoms with Gasteiger partial charge in [0.1, 0.15) is 11.1 Å². The van der Waals surface area contributed by atoms with Crippen molar-refractivity contribution in [3.8, 4) is 6.07 Å². The zero-order valence-corrected chi connectivity index (χ0v) is 25.6. The van der Waals surface area contributed by atoms with Crippen molar-refractivity contribution in [3.05, 3.63) is 111 Å². The number of amides is 2. The first-order chi connectivity index (χ1) is 20.4. The Kier molecular flexibility index (Phi) is 9.98. The van der Waals surface area contributed by atoms with Gasteiger partial charge in [0, 0.05) is 40.1 Å². The summed E-state index contributed by atoms with van der Waals surface area (Å²) in [4.78, 5) is 30.4. The first-order valence-electron chi connectivity index (χ1n) is 13.8. The fourth-order valence-electron chi connectivity index (χ4n) is 4.96. The van der Waals surface area contributed by atoms with Gasteiger partial charge in [0.15, 0.2) is 0 Å². The summed E-state index contributed by atoms with van der Waals surface area (Å²) in [5.41, 5.74) is 4.46. The third-order valence-electron chi connectivity index (χ3n) is 7.07. The van der Waals surface area contributed by atoms with Gasteiger partial charge in [-0.1, -0.05) is 67.1 Å². The molecule has 3 aromatic carbocycles. The minimum Gasteiger partial charge on any atom is -0.326 e. The zero-order valence-electron chi connectivity index (χ0n) is 23.2. The predicted molar refractivity (Wildman–Crippen MR) is 172 cm³/mol. The van der Waals surface area contributed by atoms with E-state index in [1.165, 1.54) is 28.7 Å². The molecule has 0 radical (unpaired) electrons. The van der Waals surface area contributed by atoms with E-state index >= 15 is 0 Å². The molecule has 2 N–H and O–H groups in total. The van der Waals surface area contributed by atoms with Gasteiger partial charge in [-0.25, -0.2) is 0 Å². The molecular weight excluding hydrogens is 584 g/mol. The number of nitrogens with zero attached hydrogens (tertiary/aromatic N) is 2. The Morgan fingerprint density at radius 2 is 1.83 bits per heavy atom. The van der Waals surface area contributed by atoms with Crippen LogP contribution in [-0.2, 0) is 35.5 Å². The van der Waals surface area contributed by atoms with E-state index in [1.807, 2.05) is 49.4 Å². The predicted octanol–water partition coefficient (Wildman–Crippen LogP) is 7.52. The molecule has 1 aliphatic heterocycles. The van der Waals surface area contributed by atoms with E-state index in [9.17, 15) is 14.9 Å². The minimum atomic E-state index is -0.356. The van der Waals surface area contributed by atoms with Crippen LogP contribution in [-0.4, -0.2) is 28.5 Å². The van der Waals surface area contributed by atoms with Crippen molar-refractivity contribution < 1.29 is 9.59 Å². The number of nitrogens with one attached hydrogen (secondary N) is 2. The van der Waals surface area contributed by atoms with Gasteiger partial charge >= 0.3 is 0 Å². The number of thiophene rings is 1. The molecule has 2 heterocycles. The molecular formula is C33H31ClN4O2S2.